The Labute approximate surface area is 116 Å². The molecule has 0 saturated carbocycles. The van der Waals surface area contributed by atoms with E-state index in [0.29, 0.717) is 0 Å². The first kappa shape index (κ1) is 13.3. The van der Waals surface area contributed by atoms with Crippen LogP contribution in [0, 0.1) is 5.41 Å². The summed E-state index contributed by atoms with van der Waals surface area (Å²) in [6.45, 7) is 0.723. The zero-order valence-corrected chi connectivity index (χ0v) is 11.0. The molecular weight excluding hydrogens is 262 g/mol. The lowest BCUT2D eigenvalue weighted by Crippen LogP contribution is -2.22. The number of aromatic nitrogens is 1. The van der Waals surface area contributed by atoms with Gasteiger partial charge in [0.15, 0.2) is 0 Å². The van der Waals surface area contributed by atoms with Crippen LogP contribution in [0.15, 0.2) is 47.7 Å². The van der Waals surface area contributed by atoms with Gasteiger partial charge in [-0.05, 0) is 29.8 Å². The number of nitrogens with zero attached hydrogens (tertiary/aromatic N) is 3. The Morgan fingerprint density at radius 1 is 1.32 bits per heavy atom. The molecule has 0 bridgehead atoms. The summed E-state index contributed by atoms with van der Waals surface area (Å²) in [5, 5.41) is 12.5. The van der Waals surface area contributed by atoms with Crippen LogP contribution in [0.1, 0.15) is 11.3 Å². The van der Waals surface area contributed by atoms with Gasteiger partial charge in [0.05, 0.1) is 11.9 Å². The Balaban J connectivity index is 2.13. The van der Waals surface area contributed by atoms with Gasteiger partial charge >= 0.3 is 0 Å². The standard InChI is InChI=1S/C13H14ClN5/c14-12-5-3-11(4-6-12)9-18-7-1-2-13(18)8-17-19(16)10-15/h1-8,10,15H,9,16H2. The lowest BCUT2D eigenvalue weighted by molar-refractivity contribution is 0.485. The Morgan fingerprint density at radius 3 is 2.74 bits per heavy atom. The van der Waals surface area contributed by atoms with Crippen molar-refractivity contribution in [3.05, 3.63) is 58.9 Å². The molecule has 5 nitrogen and oxygen atoms in total. The minimum atomic E-state index is 0.723. The zero-order valence-electron chi connectivity index (χ0n) is 10.2. The summed E-state index contributed by atoms with van der Waals surface area (Å²) in [7, 11) is 0. The number of nitrogens with one attached hydrogen (secondary N) is 1. The maximum absolute atomic E-state index is 6.93. The molecule has 0 aliphatic heterocycles. The minimum Gasteiger partial charge on any atom is -0.342 e. The second kappa shape index (κ2) is 6.17. The van der Waals surface area contributed by atoms with Gasteiger partial charge in [0.1, 0.15) is 6.34 Å². The second-order valence-electron chi connectivity index (χ2n) is 3.94. The van der Waals surface area contributed by atoms with Gasteiger partial charge in [0, 0.05) is 17.8 Å². The molecule has 1 aromatic heterocycles. The molecule has 2 rings (SSSR count). The molecule has 0 saturated heterocycles. The Bertz CT molecular complexity index is 573. The first-order valence-corrected chi connectivity index (χ1v) is 6.05. The predicted molar refractivity (Wildman–Crippen MR) is 77.4 cm³/mol. The normalized spacial score (nSPS) is 10.8. The van der Waals surface area contributed by atoms with E-state index in [1.165, 1.54) is 0 Å². The summed E-state index contributed by atoms with van der Waals surface area (Å²) < 4.78 is 2.03. The van der Waals surface area contributed by atoms with Crippen LogP contribution < -0.4 is 5.84 Å². The van der Waals surface area contributed by atoms with Crippen molar-refractivity contribution < 1.29 is 0 Å². The Morgan fingerprint density at radius 2 is 2.05 bits per heavy atom. The molecule has 0 amide bonds. The molecule has 0 aliphatic carbocycles. The van der Waals surface area contributed by atoms with E-state index in [4.69, 9.17) is 22.9 Å². The molecular formula is C13H14ClN5. The van der Waals surface area contributed by atoms with Crippen molar-refractivity contribution >= 4 is 24.2 Å². The summed E-state index contributed by atoms with van der Waals surface area (Å²) >= 11 is 5.86. The number of hydrogen-bond donors (Lipinski definition) is 2. The van der Waals surface area contributed by atoms with Crippen LogP contribution in [0.2, 0.25) is 5.02 Å². The first-order valence-electron chi connectivity index (χ1n) is 5.67. The van der Waals surface area contributed by atoms with Gasteiger partial charge in [-0.15, -0.1) is 0 Å². The van der Waals surface area contributed by atoms with Gasteiger partial charge in [0.2, 0.25) is 0 Å². The van der Waals surface area contributed by atoms with E-state index in [2.05, 4.69) is 5.10 Å². The Kier molecular flexibility index (Phi) is 4.33. The summed E-state index contributed by atoms with van der Waals surface area (Å²) in [6, 6.07) is 11.6. The molecule has 0 unspecified atom stereocenters. The zero-order chi connectivity index (χ0) is 13.7. The number of rotatable bonds is 5. The van der Waals surface area contributed by atoms with Crippen LogP contribution in [0.4, 0.5) is 0 Å². The van der Waals surface area contributed by atoms with Crippen molar-refractivity contribution in [3.63, 3.8) is 0 Å². The lowest BCUT2D eigenvalue weighted by Gasteiger charge is -2.07. The molecule has 0 atom stereocenters. The monoisotopic (exact) mass is 275 g/mol. The summed E-state index contributed by atoms with van der Waals surface area (Å²) in [6.07, 6.45) is 4.51. The van der Waals surface area contributed by atoms with Gasteiger partial charge in [-0.2, -0.15) is 10.2 Å². The van der Waals surface area contributed by atoms with Gasteiger partial charge in [-0.1, -0.05) is 23.7 Å². The quantitative estimate of drug-likeness (QED) is 0.380. The predicted octanol–water partition coefficient (Wildman–Crippen LogP) is 2.31. The van der Waals surface area contributed by atoms with Crippen molar-refractivity contribution in [2.75, 3.05) is 0 Å². The number of halogens is 1. The highest BCUT2D eigenvalue weighted by Crippen LogP contribution is 2.11. The molecule has 0 radical (unpaired) electrons. The summed E-state index contributed by atoms with van der Waals surface area (Å²) in [4.78, 5) is 0. The third-order valence-corrected chi connectivity index (χ3v) is 2.84. The molecule has 0 spiro atoms. The fourth-order valence-corrected chi connectivity index (χ4v) is 1.76. The molecule has 1 heterocycles. The fourth-order valence-electron chi connectivity index (χ4n) is 1.63. The second-order valence-corrected chi connectivity index (χ2v) is 4.38. The van der Waals surface area contributed by atoms with E-state index in [0.717, 1.165) is 34.3 Å². The van der Waals surface area contributed by atoms with Crippen molar-refractivity contribution in [1.29, 1.82) is 5.41 Å². The van der Waals surface area contributed by atoms with Crippen LogP contribution >= 0.6 is 11.6 Å². The molecule has 2 aromatic rings. The SMILES string of the molecule is N=CN(N)N=Cc1cccn1Cc1ccc(Cl)cc1. The van der Waals surface area contributed by atoms with Crippen molar-refractivity contribution in [2.24, 2.45) is 10.9 Å². The fraction of sp³-hybridized carbons (Fsp3) is 0.0769. The topological polar surface area (TPSA) is 70.4 Å². The number of benzene rings is 1. The number of nitrogens with two attached hydrogens (primary N) is 1. The molecule has 98 valence electrons. The molecule has 6 heteroatoms. The molecule has 19 heavy (non-hydrogen) atoms. The highest BCUT2D eigenvalue weighted by molar-refractivity contribution is 6.30. The van der Waals surface area contributed by atoms with Gasteiger partial charge in [-0.3, -0.25) is 5.41 Å². The first-order chi connectivity index (χ1) is 9.19. The minimum absolute atomic E-state index is 0.723. The Hall–Kier alpha value is -2.11. The van der Waals surface area contributed by atoms with Gasteiger partial charge < -0.3 is 4.57 Å². The number of hydrogen-bond acceptors (Lipinski definition) is 3. The van der Waals surface area contributed by atoms with Crippen LogP contribution in [0.25, 0.3) is 0 Å². The van der Waals surface area contributed by atoms with Crippen LogP contribution in [-0.2, 0) is 6.54 Å². The van der Waals surface area contributed by atoms with E-state index in [1.807, 2.05) is 47.2 Å². The van der Waals surface area contributed by atoms with E-state index in [9.17, 15) is 0 Å². The molecule has 0 aliphatic rings. The van der Waals surface area contributed by atoms with Crippen LogP contribution in [0.3, 0.4) is 0 Å². The lowest BCUT2D eigenvalue weighted by atomic mass is 10.2. The average Bonchev–Trinajstić information content (AvgIpc) is 2.86. The van der Waals surface area contributed by atoms with E-state index in [-0.39, 0.29) is 0 Å². The van der Waals surface area contributed by atoms with E-state index < -0.39 is 0 Å². The highest BCUT2D eigenvalue weighted by Gasteiger charge is 2.00. The smallest absolute Gasteiger partial charge is 0.121 e. The average molecular weight is 276 g/mol. The molecule has 0 fully saturated rings. The van der Waals surface area contributed by atoms with Crippen molar-refractivity contribution in [1.82, 2.24) is 9.69 Å². The third kappa shape index (κ3) is 3.67. The van der Waals surface area contributed by atoms with Crippen LogP contribution in [0.5, 0.6) is 0 Å². The number of hydrazine groups is 1. The van der Waals surface area contributed by atoms with Crippen molar-refractivity contribution in [3.8, 4) is 0 Å². The maximum atomic E-state index is 6.93. The highest BCUT2D eigenvalue weighted by atomic mass is 35.5. The van der Waals surface area contributed by atoms with Gasteiger partial charge in [0.25, 0.3) is 0 Å². The van der Waals surface area contributed by atoms with Crippen LogP contribution in [-0.4, -0.2) is 22.2 Å². The summed E-state index contributed by atoms with van der Waals surface area (Å²) in [5.41, 5.74) is 2.05. The maximum Gasteiger partial charge on any atom is 0.121 e. The van der Waals surface area contributed by atoms with E-state index >= 15 is 0 Å². The molecule has 1 aromatic carbocycles. The number of hydrazone groups is 1. The largest absolute Gasteiger partial charge is 0.342 e. The van der Waals surface area contributed by atoms with Crippen molar-refractivity contribution in [2.45, 2.75) is 6.54 Å². The third-order valence-electron chi connectivity index (χ3n) is 2.59. The molecule has 3 N–H and O–H groups in total. The van der Waals surface area contributed by atoms with E-state index in [1.54, 1.807) is 6.21 Å². The van der Waals surface area contributed by atoms with Gasteiger partial charge in [-0.25, -0.2) is 5.84 Å². The summed E-state index contributed by atoms with van der Waals surface area (Å²) in [5.74, 6) is 5.38.